The van der Waals surface area contributed by atoms with Crippen molar-refractivity contribution in [2.24, 2.45) is 0 Å². The smallest absolute Gasteiger partial charge is 0.123 e. The second-order valence-corrected chi connectivity index (χ2v) is 11.2. The third kappa shape index (κ3) is 7.96. The average Bonchev–Trinajstić information content (AvgIpc) is 3.95. The van der Waals surface area contributed by atoms with E-state index in [0.717, 1.165) is 64.8 Å². The number of nitrogens with zero attached hydrogens (tertiary/aromatic N) is 4. The van der Waals surface area contributed by atoms with Crippen molar-refractivity contribution in [2.75, 3.05) is 27.2 Å². The topological polar surface area (TPSA) is 63.8 Å². The van der Waals surface area contributed by atoms with Crippen molar-refractivity contribution in [3.8, 4) is 34.4 Å². The Morgan fingerprint density at radius 3 is 1.59 bits per heavy atom. The second kappa shape index (κ2) is 16.9. The molecule has 6 heteroatoms. The van der Waals surface area contributed by atoms with Crippen molar-refractivity contribution in [3.63, 3.8) is 0 Å². The molecule has 0 spiro atoms. The summed E-state index contributed by atoms with van der Waals surface area (Å²) in [5, 5.41) is 2.38. The van der Waals surface area contributed by atoms with Crippen LogP contribution in [-0.4, -0.2) is 56.9 Å². The van der Waals surface area contributed by atoms with Gasteiger partial charge in [0.2, 0.25) is 0 Å². The van der Waals surface area contributed by atoms with E-state index in [1.54, 1.807) is 0 Å². The van der Waals surface area contributed by atoms with Gasteiger partial charge in [0.25, 0.3) is 0 Å². The minimum absolute atomic E-state index is 0.397. The lowest BCUT2D eigenvalue weighted by molar-refractivity contribution is 0.307. The lowest BCUT2D eigenvalue weighted by atomic mass is 10.0. The van der Waals surface area contributed by atoms with Gasteiger partial charge in [0.15, 0.2) is 0 Å². The Morgan fingerprint density at radius 1 is 0.587 bits per heavy atom. The number of H-pyrrole nitrogens is 2. The van der Waals surface area contributed by atoms with Crippen molar-refractivity contribution < 1.29 is 0 Å². The number of nitrogens with one attached hydrogen (secondary N) is 2. The molecule has 2 saturated heterocycles. The molecule has 6 nitrogen and oxygen atoms in total. The van der Waals surface area contributed by atoms with Gasteiger partial charge in [-0.15, -0.1) is 0 Å². The normalized spacial score (nSPS) is 17.6. The summed E-state index contributed by atoms with van der Waals surface area (Å²) >= 11 is 0. The largest absolute Gasteiger partial charge is 0.341 e. The molecule has 2 unspecified atom stereocenters. The Balaban J connectivity index is 0.000000758. The third-order valence-corrected chi connectivity index (χ3v) is 8.56. The molecule has 2 fully saturated rings. The summed E-state index contributed by atoms with van der Waals surface area (Å²) in [6.45, 7) is 14.3. The average molecular weight is 617 g/mol. The summed E-state index contributed by atoms with van der Waals surface area (Å²) in [4.78, 5) is 21.2. The van der Waals surface area contributed by atoms with Crippen LogP contribution in [0, 0.1) is 11.8 Å². The number of benzene rings is 3. The molecule has 5 aromatic rings. The van der Waals surface area contributed by atoms with E-state index in [1.165, 1.54) is 30.0 Å². The maximum atomic E-state index is 4.69. The Morgan fingerprint density at radius 2 is 1.04 bits per heavy atom. The first-order chi connectivity index (χ1) is 22.6. The number of hydrogen-bond acceptors (Lipinski definition) is 4. The van der Waals surface area contributed by atoms with Crippen LogP contribution in [0.1, 0.15) is 102 Å². The SMILES string of the molecule is CC.CC.CC.CN1CCCC1c1ncc(-c2ccc(C#Cc3ccc4cc(-c5cnc(C6CCCN6C)[nH]5)ccc4c3)cc2)[nH]1. The van der Waals surface area contributed by atoms with Crippen molar-refractivity contribution in [3.05, 3.63) is 95.8 Å². The van der Waals surface area contributed by atoms with Crippen LogP contribution in [0.2, 0.25) is 0 Å². The molecule has 2 atom stereocenters. The highest BCUT2D eigenvalue weighted by molar-refractivity contribution is 5.88. The quantitative estimate of drug-likeness (QED) is 0.197. The van der Waals surface area contributed by atoms with E-state index in [-0.39, 0.29) is 0 Å². The third-order valence-electron chi connectivity index (χ3n) is 8.56. The summed E-state index contributed by atoms with van der Waals surface area (Å²) in [5.41, 5.74) is 6.42. The summed E-state index contributed by atoms with van der Waals surface area (Å²) in [5.74, 6) is 8.81. The lowest BCUT2D eigenvalue weighted by Gasteiger charge is -2.16. The van der Waals surface area contributed by atoms with Gasteiger partial charge >= 0.3 is 0 Å². The fourth-order valence-corrected chi connectivity index (χ4v) is 6.19. The number of aromatic amines is 2. The molecule has 0 bridgehead atoms. The van der Waals surface area contributed by atoms with E-state index < -0.39 is 0 Å². The summed E-state index contributed by atoms with van der Waals surface area (Å²) in [6, 6.07) is 22.2. The van der Waals surface area contributed by atoms with Gasteiger partial charge in [0.1, 0.15) is 11.6 Å². The lowest BCUT2D eigenvalue weighted by Crippen LogP contribution is -2.18. The van der Waals surface area contributed by atoms with Crippen LogP contribution in [-0.2, 0) is 0 Å². The highest BCUT2D eigenvalue weighted by atomic mass is 15.2. The molecule has 3 aromatic carbocycles. The molecule has 2 N–H and O–H groups in total. The van der Waals surface area contributed by atoms with Gasteiger partial charge in [0, 0.05) is 16.7 Å². The van der Waals surface area contributed by atoms with Crippen LogP contribution in [0.3, 0.4) is 0 Å². The Bertz CT molecular complexity index is 1720. The molecule has 46 heavy (non-hydrogen) atoms. The zero-order valence-electron chi connectivity index (χ0n) is 29.1. The fourth-order valence-electron chi connectivity index (χ4n) is 6.19. The number of imidazole rings is 2. The molecule has 4 heterocycles. The van der Waals surface area contributed by atoms with Crippen LogP contribution in [0.4, 0.5) is 0 Å². The fraction of sp³-hybridized carbons (Fsp3) is 0.400. The molecule has 0 aliphatic carbocycles. The number of likely N-dealkylation sites (tertiary alicyclic amines) is 2. The number of hydrogen-bond donors (Lipinski definition) is 2. The van der Waals surface area contributed by atoms with E-state index in [0.29, 0.717) is 12.1 Å². The number of rotatable bonds is 4. The molecule has 2 aliphatic heterocycles. The minimum atomic E-state index is 0.397. The molecule has 242 valence electrons. The standard InChI is InChI=1S/C34H34N6.3C2H6/c1-39-17-3-5-31(39)33-35-21-29(37-33)25-12-9-23(10-13-25)7-8-24-11-14-27-20-28(16-15-26(27)19-24)30-22-36-34(38-30)32-6-4-18-40(32)2;3*1-2/h9-16,19-22,31-32H,3-6,17-18H2,1-2H3,(H,35,37)(H,36,38);3*1-2H3. The predicted octanol–water partition coefficient (Wildman–Crippen LogP) is 9.63. The summed E-state index contributed by atoms with van der Waals surface area (Å²) < 4.78 is 0. The number of aromatic nitrogens is 4. The second-order valence-electron chi connectivity index (χ2n) is 11.2. The minimum Gasteiger partial charge on any atom is -0.341 e. The van der Waals surface area contributed by atoms with Crippen molar-refractivity contribution >= 4 is 10.8 Å². The van der Waals surface area contributed by atoms with Gasteiger partial charge in [-0.25, -0.2) is 9.97 Å². The van der Waals surface area contributed by atoms with Crippen LogP contribution in [0.5, 0.6) is 0 Å². The molecule has 2 aromatic heterocycles. The molecule has 7 rings (SSSR count). The summed E-state index contributed by atoms with van der Waals surface area (Å²) in [6.07, 6.45) is 8.70. The molecule has 0 saturated carbocycles. The zero-order valence-corrected chi connectivity index (χ0v) is 29.1. The van der Waals surface area contributed by atoms with Crippen LogP contribution < -0.4 is 0 Å². The molecule has 2 aliphatic rings. The van der Waals surface area contributed by atoms with Gasteiger partial charge < -0.3 is 9.97 Å². The van der Waals surface area contributed by atoms with Crippen LogP contribution >= 0.6 is 0 Å². The van der Waals surface area contributed by atoms with E-state index in [1.807, 2.05) is 53.9 Å². The van der Waals surface area contributed by atoms with Gasteiger partial charge in [-0.2, -0.15) is 0 Å². The highest BCUT2D eigenvalue weighted by Crippen LogP contribution is 2.32. The van der Waals surface area contributed by atoms with E-state index >= 15 is 0 Å². The van der Waals surface area contributed by atoms with Crippen molar-refractivity contribution in [1.29, 1.82) is 0 Å². The van der Waals surface area contributed by atoms with E-state index in [4.69, 9.17) is 4.98 Å². The van der Waals surface area contributed by atoms with E-state index in [9.17, 15) is 0 Å². The highest BCUT2D eigenvalue weighted by Gasteiger charge is 2.26. The van der Waals surface area contributed by atoms with Gasteiger partial charge in [0.05, 0.1) is 35.9 Å². The first kappa shape index (κ1) is 34.7. The first-order valence-corrected chi connectivity index (χ1v) is 17.3. The number of fused-ring (bicyclic) bond motifs is 1. The van der Waals surface area contributed by atoms with Crippen molar-refractivity contribution in [1.82, 2.24) is 29.7 Å². The van der Waals surface area contributed by atoms with Gasteiger partial charge in [-0.3, -0.25) is 9.80 Å². The monoisotopic (exact) mass is 616 g/mol. The van der Waals surface area contributed by atoms with Crippen LogP contribution in [0.25, 0.3) is 33.3 Å². The molecule has 0 radical (unpaired) electrons. The Hall–Kier alpha value is -4.18. The maximum Gasteiger partial charge on any atom is 0.123 e. The molecular weight excluding hydrogens is 564 g/mol. The van der Waals surface area contributed by atoms with E-state index in [2.05, 4.69) is 111 Å². The molecule has 0 amide bonds. The summed E-state index contributed by atoms with van der Waals surface area (Å²) in [7, 11) is 4.35. The van der Waals surface area contributed by atoms with Crippen LogP contribution in [0.15, 0.2) is 73.1 Å². The van der Waals surface area contributed by atoms with Gasteiger partial charge in [-0.05, 0) is 99.5 Å². The zero-order chi connectivity index (χ0) is 33.1. The maximum absolute atomic E-state index is 4.69. The Kier molecular flexibility index (Phi) is 12.8. The van der Waals surface area contributed by atoms with Crippen molar-refractivity contribution in [2.45, 2.75) is 79.3 Å². The Labute approximate surface area is 276 Å². The predicted molar refractivity (Wildman–Crippen MR) is 195 cm³/mol. The first-order valence-electron chi connectivity index (χ1n) is 17.3. The van der Waals surface area contributed by atoms with Gasteiger partial charge in [-0.1, -0.05) is 83.7 Å². The molecular formula is C40H52N6.